The molecule has 18 heavy (non-hydrogen) atoms. The number of rotatable bonds is 5. The van der Waals surface area contributed by atoms with E-state index in [1.54, 1.807) is 18.2 Å². The van der Waals surface area contributed by atoms with Gasteiger partial charge in [-0.3, -0.25) is 0 Å². The summed E-state index contributed by atoms with van der Waals surface area (Å²) in [5.41, 5.74) is 0.615. The molecule has 0 fully saturated rings. The standard InChI is InChI=1S/C13H14FNO3/c1-17-13-7-9(14)4-5-10(13)15-8-11(16)12-3-2-6-18-12/h2-7,11,15-16H,8H2,1H3. The topological polar surface area (TPSA) is 54.6 Å². The summed E-state index contributed by atoms with van der Waals surface area (Å²) in [6, 6.07) is 7.56. The van der Waals surface area contributed by atoms with Crippen molar-refractivity contribution >= 4 is 5.69 Å². The molecule has 1 unspecified atom stereocenters. The molecule has 1 atom stereocenters. The number of aliphatic hydroxyl groups is 1. The maximum Gasteiger partial charge on any atom is 0.144 e. The van der Waals surface area contributed by atoms with Gasteiger partial charge in [-0.25, -0.2) is 4.39 Å². The quantitative estimate of drug-likeness (QED) is 0.857. The van der Waals surface area contributed by atoms with Crippen molar-refractivity contribution in [2.24, 2.45) is 0 Å². The van der Waals surface area contributed by atoms with Crippen LogP contribution in [0.5, 0.6) is 5.75 Å². The first-order chi connectivity index (χ1) is 8.70. The number of anilines is 1. The highest BCUT2D eigenvalue weighted by Crippen LogP contribution is 2.25. The molecule has 2 aromatic rings. The van der Waals surface area contributed by atoms with Crippen molar-refractivity contribution < 1.29 is 18.7 Å². The first-order valence-corrected chi connectivity index (χ1v) is 5.49. The van der Waals surface area contributed by atoms with Gasteiger partial charge in [0.15, 0.2) is 0 Å². The highest BCUT2D eigenvalue weighted by Gasteiger charge is 2.11. The highest BCUT2D eigenvalue weighted by atomic mass is 19.1. The molecule has 0 aliphatic rings. The van der Waals surface area contributed by atoms with E-state index in [1.807, 2.05) is 0 Å². The summed E-state index contributed by atoms with van der Waals surface area (Å²) in [4.78, 5) is 0. The molecule has 0 aliphatic heterocycles. The van der Waals surface area contributed by atoms with Crippen LogP contribution in [-0.4, -0.2) is 18.8 Å². The Kier molecular flexibility index (Phi) is 3.84. The molecule has 4 nitrogen and oxygen atoms in total. The van der Waals surface area contributed by atoms with E-state index < -0.39 is 6.10 Å². The second kappa shape index (κ2) is 5.55. The van der Waals surface area contributed by atoms with Crippen LogP contribution in [0.15, 0.2) is 41.0 Å². The van der Waals surface area contributed by atoms with Gasteiger partial charge in [0.25, 0.3) is 0 Å². The summed E-state index contributed by atoms with van der Waals surface area (Å²) in [5, 5.41) is 12.8. The number of methoxy groups -OCH3 is 1. The van der Waals surface area contributed by atoms with Gasteiger partial charge in [0.05, 0.1) is 19.1 Å². The Morgan fingerprint density at radius 2 is 2.28 bits per heavy atom. The molecule has 0 spiro atoms. The molecule has 0 saturated carbocycles. The minimum atomic E-state index is -0.769. The van der Waals surface area contributed by atoms with Crippen LogP contribution in [0.25, 0.3) is 0 Å². The van der Waals surface area contributed by atoms with Crippen LogP contribution in [0.4, 0.5) is 10.1 Å². The molecule has 96 valence electrons. The Hall–Kier alpha value is -2.01. The predicted octanol–water partition coefficient (Wildman–Crippen LogP) is 2.57. The van der Waals surface area contributed by atoms with Gasteiger partial charge in [0.2, 0.25) is 0 Å². The molecule has 0 saturated heterocycles. The van der Waals surface area contributed by atoms with E-state index in [9.17, 15) is 9.50 Å². The van der Waals surface area contributed by atoms with E-state index in [-0.39, 0.29) is 12.4 Å². The average molecular weight is 251 g/mol. The van der Waals surface area contributed by atoms with Crippen molar-refractivity contribution in [3.05, 3.63) is 48.2 Å². The van der Waals surface area contributed by atoms with Crippen LogP contribution in [0.2, 0.25) is 0 Å². The number of hydrogen-bond acceptors (Lipinski definition) is 4. The Morgan fingerprint density at radius 3 is 2.94 bits per heavy atom. The second-order valence-corrected chi connectivity index (χ2v) is 3.76. The van der Waals surface area contributed by atoms with Gasteiger partial charge in [-0.2, -0.15) is 0 Å². The third-order valence-electron chi connectivity index (χ3n) is 2.52. The molecule has 0 radical (unpaired) electrons. The summed E-state index contributed by atoms with van der Waals surface area (Å²) < 4.78 is 23.1. The lowest BCUT2D eigenvalue weighted by atomic mass is 10.2. The summed E-state index contributed by atoms with van der Waals surface area (Å²) in [6.45, 7) is 0.246. The van der Waals surface area contributed by atoms with E-state index in [1.165, 1.54) is 25.5 Å². The number of ether oxygens (including phenoxy) is 1. The summed E-state index contributed by atoms with van der Waals surface area (Å²) in [6.07, 6.45) is 0.728. The van der Waals surface area contributed by atoms with Crippen molar-refractivity contribution in [1.82, 2.24) is 0 Å². The smallest absolute Gasteiger partial charge is 0.144 e. The number of hydrogen-bond donors (Lipinski definition) is 2. The zero-order valence-corrected chi connectivity index (χ0v) is 9.89. The minimum Gasteiger partial charge on any atom is -0.494 e. The molecule has 1 aromatic heterocycles. The summed E-state index contributed by atoms with van der Waals surface area (Å²) >= 11 is 0. The van der Waals surface area contributed by atoms with Crippen LogP contribution in [0.1, 0.15) is 11.9 Å². The molecule has 2 rings (SSSR count). The molecule has 5 heteroatoms. The number of halogens is 1. The monoisotopic (exact) mass is 251 g/mol. The Labute approximate surface area is 104 Å². The van der Waals surface area contributed by atoms with Gasteiger partial charge in [0, 0.05) is 12.6 Å². The van der Waals surface area contributed by atoms with Crippen LogP contribution >= 0.6 is 0 Å². The second-order valence-electron chi connectivity index (χ2n) is 3.76. The van der Waals surface area contributed by atoms with E-state index in [0.29, 0.717) is 17.2 Å². The van der Waals surface area contributed by atoms with Crippen molar-refractivity contribution in [3.8, 4) is 5.75 Å². The molecule has 1 heterocycles. The molecular formula is C13H14FNO3. The van der Waals surface area contributed by atoms with Gasteiger partial charge in [-0.05, 0) is 24.3 Å². The fourth-order valence-electron chi connectivity index (χ4n) is 1.60. The SMILES string of the molecule is COc1cc(F)ccc1NCC(O)c1ccco1. The van der Waals surface area contributed by atoms with Crippen LogP contribution in [0, 0.1) is 5.82 Å². The minimum absolute atomic E-state index is 0.246. The van der Waals surface area contributed by atoms with Gasteiger partial charge in [-0.1, -0.05) is 0 Å². The molecule has 1 aromatic carbocycles. The fourth-order valence-corrected chi connectivity index (χ4v) is 1.60. The third-order valence-corrected chi connectivity index (χ3v) is 2.52. The van der Waals surface area contributed by atoms with Crippen LogP contribution < -0.4 is 10.1 Å². The average Bonchev–Trinajstić information content (AvgIpc) is 2.90. The van der Waals surface area contributed by atoms with E-state index in [2.05, 4.69) is 5.32 Å². The molecular weight excluding hydrogens is 237 g/mol. The fraction of sp³-hybridized carbons (Fsp3) is 0.231. The van der Waals surface area contributed by atoms with E-state index in [4.69, 9.17) is 9.15 Å². The Bertz CT molecular complexity index is 499. The van der Waals surface area contributed by atoms with Crippen LogP contribution in [-0.2, 0) is 0 Å². The number of aliphatic hydroxyl groups excluding tert-OH is 1. The lowest BCUT2D eigenvalue weighted by Crippen LogP contribution is -2.12. The lowest BCUT2D eigenvalue weighted by Gasteiger charge is -2.13. The molecule has 0 bridgehead atoms. The van der Waals surface area contributed by atoms with Gasteiger partial charge >= 0.3 is 0 Å². The van der Waals surface area contributed by atoms with Crippen molar-refractivity contribution in [2.45, 2.75) is 6.10 Å². The highest BCUT2D eigenvalue weighted by molar-refractivity contribution is 5.56. The first-order valence-electron chi connectivity index (χ1n) is 5.49. The Balaban J connectivity index is 2.02. The lowest BCUT2D eigenvalue weighted by molar-refractivity contribution is 0.162. The maximum absolute atomic E-state index is 13.0. The number of benzene rings is 1. The number of nitrogens with one attached hydrogen (secondary N) is 1. The van der Waals surface area contributed by atoms with Gasteiger partial charge in [-0.15, -0.1) is 0 Å². The van der Waals surface area contributed by atoms with E-state index in [0.717, 1.165) is 0 Å². The zero-order chi connectivity index (χ0) is 13.0. The predicted molar refractivity (Wildman–Crippen MR) is 65.1 cm³/mol. The Morgan fingerprint density at radius 1 is 1.44 bits per heavy atom. The largest absolute Gasteiger partial charge is 0.494 e. The molecule has 0 amide bonds. The van der Waals surface area contributed by atoms with E-state index >= 15 is 0 Å². The third kappa shape index (κ3) is 2.81. The van der Waals surface area contributed by atoms with Crippen molar-refractivity contribution in [1.29, 1.82) is 0 Å². The van der Waals surface area contributed by atoms with Crippen molar-refractivity contribution in [3.63, 3.8) is 0 Å². The number of furan rings is 1. The normalized spacial score (nSPS) is 12.2. The zero-order valence-electron chi connectivity index (χ0n) is 9.89. The maximum atomic E-state index is 13.0. The molecule has 0 aliphatic carbocycles. The summed E-state index contributed by atoms with van der Waals surface area (Å²) in [7, 11) is 1.46. The molecule has 2 N–H and O–H groups in total. The van der Waals surface area contributed by atoms with Gasteiger partial charge < -0.3 is 19.6 Å². The van der Waals surface area contributed by atoms with Gasteiger partial charge in [0.1, 0.15) is 23.4 Å². The first kappa shape index (κ1) is 12.4. The van der Waals surface area contributed by atoms with Crippen LogP contribution in [0.3, 0.4) is 0 Å². The van der Waals surface area contributed by atoms with Crippen molar-refractivity contribution in [2.75, 3.05) is 19.0 Å². The summed E-state index contributed by atoms with van der Waals surface area (Å²) in [5.74, 6) is 0.495.